The lowest BCUT2D eigenvalue weighted by molar-refractivity contribution is -0.155. The molecule has 140 valence electrons. The summed E-state index contributed by atoms with van der Waals surface area (Å²) in [7, 11) is 0. The van der Waals surface area contributed by atoms with Gasteiger partial charge in [-0.3, -0.25) is 4.79 Å². The van der Waals surface area contributed by atoms with Gasteiger partial charge in [0.05, 0.1) is 11.6 Å². The van der Waals surface area contributed by atoms with Gasteiger partial charge in [0.1, 0.15) is 5.75 Å². The lowest BCUT2D eigenvalue weighted by atomic mass is 10.0. The van der Waals surface area contributed by atoms with Gasteiger partial charge in [-0.15, -0.1) is 0 Å². The molecule has 0 aliphatic heterocycles. The van der Waals surface area contributed by atoms with Crippen LogP contribution in [0.2, 0.25) is 0 Å². The number of carbonyl (C=O) groups excluding carboxylic acids is 2. The number of benzene rings is 2. The van der Waals surface area contributed by atoms with E-state index in [1.54, 1.807) is 30.3 Å². The summed E-state index contributed by atoms with van der Waals surface area (Å²) >= 11 is 0. The summed E-state index contributed by atoms with van der Waals surface area (Å²) in [4.78, 5) is 24.1. The molecule has 0 saturated carbocycles. The predicted molar refractivity (Wildman–Crippen MR) is 101 cm³/mol. The minimum Gasteiger partial charge on any atom is -0.482 e. The Morgan fingerprint density at radius 1 is 1.07 bits per heavy atom. The van der Waals surface area contributed by atoms with Crippen LogP contribution in [0.25, 0.3) is 0 Å². The molecule has 1 N–H and O–H groups in total. The fourth-order valence-corrected chi connectivity index (χ4v) is 2.38. The number of esters is 1. The molecule has 27 heavy (non-hydrogen) atoms. The minimum atomic E-state index is -0.975. The largest absolute Gasteiger partial charge is 0.482 e. The Hall–Kier alpha value is -3.33. The Balaban J connectivity index is 1.86. The number of ether oxygens (including phenoxy) is 2. The average molecular weight is 366 g/mol. The number of para-hydroxylation sites is 1. The van der Waals surface area contributed by atoms with Crippen LogP contribution in [0, 0.1) is 11.3 Å². The second-order valence-electron chi connectivity index (χ2n) is 6.29. The maximum absolute atomic E-state index is 12.1. The van der Waals surface area contributed by atoms with Gasteiger partial charge in [0, 0.05) is 5.69 Å². The number of rotatable bonds is 7. The summed E-state index contributed by atoms with van der Waals surface area (Å²) in [6, 6.07) is 15.9. The second kappa shape index (κ2) is 9.39. The molecule has 0 fully saturated rings. The molecule has 0 unspecified atom stereocenters. The van der Waals surface area contributed by atoms with E-state index in [1.165, 1.54) is 6.92 Å². The molecule has 0 aliphatic rings. The standard InChI is InChI=1S/C21H22N2O4/c1-14(2)18-6-4-5-7-19(18)26-13-20(24)27-15(3)21(25)23-17-10-8-16(12-22)9-11-17/h4-11,14-15H,13H2,1-3H3,(H,23,25)/t15-/m1/s1. The molecule has 0 saturated heterocycles. The van der Waals surface area contributed by atoms with Crippen molar-refractivity contribution in [1.82, 2.24) is 0 Å². The summed E-state index contributed by atoms with van der Waals surface area (Å²) in [5.41, 5.74) is 2.01. The molecular weight excluding hydrogens is 344 g/mol. The molecule has 6 heteroatoms. The first-order valence-electron chi connectivity index (χ1n) is 8.63. The second-order valence-corrected chi connectivity index (χ2v) is 6.29. The van der Waals surface area contributed by atoms with Gasteiger partial charge in [-0.25, -0.2) is 4.79 Å². The first-order valence-corrected chi connectivity index (χ1v) is 8.63. The van der Waals surface area contributed by atoms with Gasteiger partial charge in [0.15, 0.2) is 12.7 Å². The molecule has 2 rings (SSSR count). The van der Waals surface area contributed by atoms with Crippen molar-refractivity contribution >= 4 is 17.6 Å². The molecule has 2 aromatic carbocycles. The summed E-state index contributed by atoms with van der Waals surface area (Å²) in [6.07, 6.45) is -0.975. The highest BCUT2D eigenvalue weighted by Gasteiger charge is 2.19. The van der Waals surface area contributed by atoms with E-state index < -0.39 is 18.0 Å². The van der Waals surface area contributed by atoms with Gasteiger partial charge >= 0.3 is 5.97 Å². The topological polar surface area (TPSA) is 88.4 Å². The van der Waals surface area contributed by atoms with Crippen LogP contribution in [0.3, 0.4) is 0 Å². The third-order valence-electron chi connectivity index (χ3n) is 3.85. The van der Waals surface area contributed by atoms with Crippen molar-refractivity contribution in [2.24, 2.45) is 0 Å². The van der Waals surface area contributed by atoms with E-state index in [-0.39, 0.29) is 12.5 Å². The Morgan fingerprint density at radius 2 is 1.74 bits per heavy atom. The van der Waals surface area contributed by atoms with Crippen molar-refractivity contribution in [1.29, 1.82) is 5.26 Å². The number of amides is 1. The maximum atomic E-state index is 12.1. The first-order chi connectivity index (χ1) is 12.9. The number of hydrogen-bond acceptors (Lipinski definition) is 5. The molecule has 0 bridgehead atoms. The molecule has 0 heterocycles. The lowest BCUT2D eigenvalue weighted by Gasteiger charge is -2.16. The number of nitrogens with zero attached hydrogens (tertiary/aromatic N) is 1. The Kier molecular flexibility index (Phi) is 6.95. The Labute approximate surface area is 158 Å². The van der Waals surface area contributed by atoms with Gasteiger partial charge < -0.3 is 14.8 Å². The number of hydrogen-bond donors (Lipinski definition) is 1. The first kappa shape index (κ1) is 20.0. The average Bonchev–Trinajstić information content (AvgIpc) is 2.67. The number of anilines is 1. The predicted octanol–water partition coefficient (Wildman–Crippen LogP) is 3.63. The molecule has 0 aromatic heterocycles. The molecule has 0 radical (unpaired) electrons. The lowest BCUT2D eigenvalue weighted by Crippen LogP contribution is -2.31. The summed E-state index contributed by atoms with van der Waals surface area (Å²) < 4.78 is 10.7. The van der Waals surface area contributed by atoms with Gasteiger partial charge in [0.25, 0.3) is 5.91 Å². The van der Waals surface area contributed by atoms with Crippen molar-refractivity contribution in [3.63, 3.8) is 0 Å². The van der Waals surface area contributed by atoms with Crippen LogP contribution in [-0.2, 0) is 14.3 Å². The SMILES string of the molecule is CC(C)c1ccccc1OCC(=O)O[C@H](C)C(=O)Nc1ccc(C#N)cc1. The van der Waals surface area contributed by atoms with E-state index in [4.69, 9.17) is 14.7 Å². The highest BCUT2D eigenvalue weighted by Crippen LogP contribution is 2.25. The van der Waals surface area contributed by atoms with E-state index in [2.05, 4.69) is 5.32 Å². The fourth-order valence-electron chi connectivity index (χ4n) is 2.38. The van der Waals surface area contributed by atoms with E-state index in [1.807, 2.05) is 38.1 Å². The summed E-state index contributed by atoms with van der Waals surface area (Å²) in [6.45, 7) is 5.28. The van der Waals surface area contributed by atoms with E-state index >= 15 is 0 Å². The fraction of sp³-hybridized carbons (Fsp3) is 0.286. The Morgan fingerprint density at radius 3 is 2.37 bits per heavy atom. The number of carbonyl (C=O) groups is 2. The zero-order valence-electron chi connectivity index (χ0n) is 15.6. The highest BCUT2D eigenvalue weighted by molar-refractivity contribution is 5.95. The van der Waals surface area contributed by atoms with E-state index in [0.717, 1.165) is 5.56 Å². The molecule has 6 nitrogen and oxygen atoms in total. The monoisotopic (exact) mass is 366 g/mol. The smallest absolute Gasteiger partial charge is 0.344 e. The van der Waals surface area contributed by atoms with Gasteiger partial charge in [-0.1, -0.05) is 32.0 Å². The van der Waals surface area contributed by atoms with Crippen LogP contribution < -0.4 is 10.1 Å². The van der Waals surface area contributed by atoms with Crippen LogP contribution in [-0.4, -0.2) is 24.6 Å². The number of nitrogens with one attached hydrogen (secondary N) is 1. The van der Waals surface area contributed by atoms with Crippen molar-refractivity contribution in [3.05, 3.63) is 59.7 Å². The summed E-state index contributed by atoms with van der Waals surface area (Å²) in [5.74, 6) is -0.208. The van der Waals surface area contributed by atoms with Crippen LogP contribution in [0.4, 0.5) is 5.69 Å². The van der Waals surface area contributed by atoms with Crippen LogP contribution in [0.1, 0.15) is 37.8 Å². The Bertz CT molecular complexity index is 838. The zero-order valence-corrected chi connectivity index (χ0v) is 15.6. The van der Waals surface area contributed by atoms with Crippen molar-refractivity contribution in [2.45, 2.75) is 32.8 Å². The van der Waals surface area contributed by atoms with Crippen LogP contribution in [0.15, 0.2) is 48.5 Å². The van der Waals surface area contributed by atoms with Gasteiger partial charge in [0.2, 0.25) is 0 Å². The van der Waals surface area contributed by atoms with Crippen molar-refractivity contribution in [2.75, 3.05) is 11.9 Å². The van der Waals surface area contributed by atoms with Crippen LogP contribution >= 0.6 is 0 Å². The molecular formula is C21H22N2O4. The van der Waals surface area contributed by atoms with Crippen molar-refractivity contribution < 1.29 is 19.1 Å². The maximum Gasteiger partial charge on any atom is 0.344 e. The van der Waals surface area contributed by atoms with E-state index in [9.17, 15) is 9.59 Å². The van der Waals surface area contributed by atoms with Crippen LogP contribution in [0.5, 0.6) is 5.75 Å². The normalized spacial score (nSPS) is 11.4. The third-order valence-corrected chi connectivity index (χ3v) is 3.85. The van der Waals surface area contributed by atoms with Gasteiger partial charge in [-0.2, -0.15) is 5.26 Å². The molecule has 2 aromatic rings. The van der Waals surface area contributed by atoms with Gasteiger partial charge in [-0.05, 0) is 48.7 Å². The van der Waals surface area contributed by atoms with E-state index in [0.29, 0.717) is 17.0 Å². The van der Waals surface area contributed by atoms with Crippen molar-refractivity contribution in [3.8, 4) is 11.8 Å². The summed E-state index contributed by atoms with van der Waals surface area (Å²) in [5, 5.41) is 11.4. The molecule has 0 aliphatic carbocycles. The molecule has 1 atom stereocenters. The quantitative estimate of drug-likeness (QED) is 0.756. The minimum absolute atomic E-state index is 0.259. The third kappa shape index (κ3) is 5.86. The highest BCUT2D eigenvalue weighted by atomic mass is 16.6. The number of nitriles is 1. The zero-order chi connectivity index (χ0) is 19.8. The molecule has 0 spiro atoms. The molecule has 1 amide bonds.